The molecule has 0 aliphatic rings. The summed E-state index contributed by atoms with van der Waals surface area (Å²) >= 11 is 0. The SMILES string of the molecule is Cc1cc(N=[N+]=[N-])ccc1C(=O)[O-]. The molecule has 0 saturated heterocycles. The van der Waals surface area contributed by atoms with Gasteiger partial charge in [-0.3, -0.25) is 0 Å². The number of benzene rings is 1. The van der Waals surface area contributed by atoms with Gasteiger partial charge in [-0.15, -0.1) is 0 Å². The highest BCUT2D eigenvalue weighted by Crippen LogP contribution is 2.17. The van der Waals surface area contributed by atoms with E-state index in [4.69, 9.17) is 5.53 Å². The summed E-state index contributed by atoms with van der Waals surface area (Å²) in [6, 6.07) is 4.28. The maximum Gasteiger partial charge on any atom is 0.0717 e. The third kappa shape index (κ3) is 1.98. The topological polar surface area (TPSA) is 88.9 Å². The lowest BCUT2D eigenvalue weighted by atomic mass is 10.1. The van der Waals surface area contributed by atoms with Crippen molar-refractivity contribution in [2.75, 3.05) is 0 Å². The molecule has 5 heteroatoms. The van der Waals surface area contributed by atoms with Gasteiger partial charge in [-0.05, 0) is 24.1 Å². The standard InChI is InChI=1S/C8H7N3O2/c1-5-4-6(10-11-9)2-3-7(5)8(12)13/h2-4H,1H3,(H,12,13)/p-1. The molecule has 0 heterocycles. The van der Waals surface area contributed by atoms with Crippen LogP contribution in [0.2, 0.25) is 0 Å². The molecule has 1 aromatic rings. The smallest absolute Gasteiger partial charge is 0.0717 e. The monoisotopic (exact) mass is 176 g/mol. The van der Waals surface area contributed by atoms with Gasteiger partial charge in [-0.25, -0.2) is 0 Å². The van der Waals surface area contributed by atoms with Crippen molar-refractivity contribution in [2.24, 2.45) is 5.11 Å². The molecule has 0 atom stereocenters. The Bertz CT molecular complexity index is 394. The van der Waals surface area contributed by atoms with E-state index >= 15 is 0 Å². The maximum absolute atomic E-state index is 10.5. The van der Waals surface area contributed by atoms with Crippen molar-refractivity contribution in [1.29, 1.82) is 0 Å². The molecule has 0 unspecified atom stereocenters. The zero-order valence-electron chi connectivity index (χ0n) is 6.89. The van der Waals surface area contributed by atoms with Crippen LogP contribution in [0.1, 0.15) is 15.9 Å². The van der Waals surface area contributed by atoms with E-state index in [9.17, 15) is 9.90 Å². The molecule has 0 aliphatic heterocycles. The molecule has 1 aromatic carbocycles. The Balaban J connectivity index is 3.19. The van der Waals surface area contributed by atoms with Crippen LogP contribution in [0.3, 0.4) is 0 Å². The number of carbonyl (C=O) groups excluding carboxylic acids is 1. The molecule has 0 bridgehead atoms. The molecule has 0 aromatic heterocycles. The molecule has 0 saturated carbocycles. The number of carboxylic acid groups (broad SMARTS) is 1. The lowest BCUT2D eigenvalue weighted by molar-refractivity contribution is -0.255. The van der Waals surface area contributed by atoms with Crippen LogP contribution >= 0.6 is 0 Å². The Morgan fingerprint density at radius 2 is 2.31 bits per heavy atom. The van der Waals surface area contributed by atoms with Crippen molar-refractivity contribution in [3.63, 3.8) is 0 Å². The number of carboxylic acids is 1. The van der Waals surface area contributed by atoms with Crippen molar-refractivity contribution < 1.29 is 9.90 Å². The van der Waals surface area contributed by atoms with Crippen molar-refractivity contribution in [3.8, 4) is 0 Å². The first-order chi connectivity index (χ1) is 6.15. The highest BCUT2D eigenvalue weighted by Gasteiger charge is 1.98. The van der Waals surface area contributed by atoms with Crippen molar-refractivity contribution in [2.45, 2.75) is 6.92 Å². The van der Waals surface area contributed by atoms with Crippen LogP contribution in [-0.4, -0.2) is 5.97 Å². The molecule has 0 spiro atoms. The summed E-state index contributed by atoms with van der Waals surface area (Å²) in [6.07, 6.45) is 0. The number of aryl methyl sites for hydroxylation is 1. The van der Waals surface area contributed by atoms with Crippen molar-refractivity contribution in [3.05, 3.63) is 39.8 Å². The molecule has 1 rings (SSSR count). The molecule has 5 nitrogen and oxygen atoms in total. The second kappa shape index (κ2) is 3.60. The first kappa shape index (κ1) is 9.09. The highest BCUT2D eigenvalue weighted by atomic mass is 16.4. The number of carbonyl (C=O) groups is 1. The number of nitrogens with zero attached hydrogens (tertiary/aromatic N) is 3. The Morgan fingerprint density at radius 3 is 2.77 bits per heavy atom. The zero-order valence-corrected chi connectivity index (χ0v) is 6.89. The average molecular weight is 176 g/mol. The Morgan fingerprint density at radius 1 is 1.62 bits per heavy atom. The number of azide groups is 1. The van der Waals surface area contributed by atoms with Gasteiger partial charge in [0.2, 0.25) is 0 Å². The third-order valence-corrected chi connectivity index (χ3v) is 1.59. The molecular weight excluding hydrogens is 170 g/mol. The molecular formula is C8H6N3O2-. The lowest BCUT2D eigenvalue weighted by Gasteiger charge is -2.06. The van der Waals surface area contributed by atoms with Crippen LogP contribution in [-0.2, 0) is 0 Å². The van der Waals surface area contributed by atoms with Crippen LogP contribution in [0, 0.1) is 6.92 Å². The van der Waals surface area contributed by atoms with E-state index in [2.05, 4.69) is 10.0 Å². The summed E-state index contributed by atoms with van der Waals surface area (Å²) in [4.78, 5) is 13.1. The summed E-state index contributed by atoms with van der Waals surface area (Å²) in [7, 11) is 0. The molecule has 0 fully saturated rings. The fourth-order valence-electron chi connectivity index (χ4n) is 0.991. The van der Waals surface area contributed by atoms with Gasteiger partial charge in [0.25, 0.3) is 0 Å². The van der Waals surface area contributed by atoms with E-state index < -0.39 is 5.97 Å². The first-order valence-corrected chi connectivity index (χ1v) is 3.52. The Hall–Kier alpha value is -2.00. The van der Waals surface area contributed by atoms with Crippen LogP contribution in [0.5, 0.6) is 0 Å². The molecule has 13 heavy (non-hydrogen) atoms. The molecule has 66 valence electrons. The maximum atomic E-state index is 10.5. The lowest BCUT2D eigenvalue weighted by Crippen LogP contribution is -2.23. The van der Waals surface area contributed by atoms with Crippen LogP contribution in [0.15, 0.2) is 23.3 Å². The number of hydrogen-bond acceptors (Lipinski definition) is 3. The molecule has 0 N–H and O–H groups in total. The summed E-state index contributed by atoms with van der Waals surface area (Å²) in [6.45, 7) is 1.61. The van der Waals surface area contributed by atoms with Gasteiger partial charge in [0.1, 0.15) is 0 Å². The van der Waals surface area contributed by atoms with Gasteiger partial charge < -0.3 is 9.90 Å². The van der Waals surface area contributed by atoms with Gasteiger partial charge in [-0.2, -0.15) is 0 Å². The Labute approximate surface area is 74.3 Å². The second-order valence-corrected chi connectivity index (χ2v) is 2.48. The Kier molecular flexibility index (Phi) is 2.52. The minimum Gasteiger partial charge on any atom is -0.545 e. The minimum absolute atomic E-state index is 0.108. The van der Waals surface area contributed by atoms with Gasteiger partial charge in [-0.1, -0.05) is 17.2 Å². The predicted molar refractivity (Wildman–Crippen MR) is 44.3 cm³/mol. The largest absolute Gasteiger partial charge is 0.545 e. The van der Waals surface area contributed by atoms with E-state index in [1.807, 2.05) is 0 Å². The summed E-state index contributed by atoms with van der Waals surface area (Å²) in [5.74, 6) is -1.23. The van der Waals surface area contributed by atoms with Crippen molar-refractivity contribution in [1.82, 2.24) is 0 Å². The van der Waals surface area contributed by atoms with E-state index in [-0.39, 0.29) is 5.56 Å². The van der Waals surface area contributed by atoms with Gasteiger partial charge >= 0.3 is 0 Å². The van der Waals surface area contributed by atoms with Crippen LogP contribution < -0.4 is 5.11 Å². The molecule has 0 amide bonds. The molecule has 0 aliphatic carbocycles. The van der Waals surface area contributed by atoms with E-state index in [1.165, 1.54) is 18.2 Å². The van der Waals surface area contributed by atoms with E-state index in [0.29, 0.717) is 11.3 Å². The fraction of sp³-hybridized carbons (Fsp3) is 0.125. The van der Waals surface area contributed by atoms with Gasteiger partial charge in [0, 0.05) is 16.2 Å². The minimum atomic E-state index is -1.23. The summed E-state index contributed by atoms with van der Waals surface area (Å²) < 4.78 is 0. The zero-order chi connectivity index (χ0) is 9.84. The van der Waals surface area contributed by atoms with Crippen LogP contribution in [0.25, 0.3) is 10.4 Å². The van der Waals surface area contributed by atoms with Gasteiger partial charge in [0.05, 0.1) is 5.97 Å². The first-order valence-electron chi connectivity index (χ1n) is 3.52. The highest BCUT2D eigenvalue weighted by molar-refractivity contribution is 5.88. The number of rotatable bonds is 2. The van der Waals surface area contributed by atoms with Gasteiger partial charge in [0.15, 0.2) is 0 Å². The number of aromatic carboxylic acids is 1. The average Bonchev–Trinajstić information content (AvgIpc) is 2.04. The van der Waals surface area contributed by atoms with E-state index in [1.54, 1.807) is 6.92 Å². The quantitative estimate of drug-likeness (QED) is 0.386. The van der Waals surface area contributed by atoms with Crippen LogP contribution in [0.4, 0.5) is 5.69 Å². The summed E-state index contributed by atoms with van der Waals surface area (Å²) in [5, 5.41) is 13.8. The fourth-order valence-corrected chi connectivity index (χ4v) is 0.991. The van der Waals surface area contributed by atoms with E-state index in [0.717, 1.165) is 0 Å². The number of hydrogen-bond donors (Lipinski definition) is 0. The molecule has 0 radical (unpaired) electrons. The normalized spacial score (nSPS) is 9.00. The predicted octanol–water partition coefficient (Wildman–Crippen LogP) is 1.30. The summed E-state index contributed by atoms with van der Waals surface area (Å²) in [5.41, 5.74) is 9.14. The third-order valence-electron chi connectivity index (χ3n) is 1.59. The second-order valence-electron chi connectivity index (χ2n) is 2.48. The van der Waals surface area contributed by atoms with Crippen molar-refractivity contribution >= 4 is 11.7 Å².